The van der Waals surface area contributed by atoms with E-state index in [1.54, 1.807) is 0 Å². The van der Waals surface area contributed by atoms with Gasteiger partial charge in [0.2, 0.25) is 0 Å². The van der Waals surface area contributed by atoms with Gasteiger partial charge in [-0.25, -0.2) is 0 Å². The van der Waals surface area contributed by atoms with Crippen LogP contribution < -0.4 is 10.6 Å². The number of thiophene rings is 1. The number of benzene rings is 1. The van der Waals surface area contributed by atoms with Crippen molar-refractivity contribution in [2.75, 3.05) is 6.54 Å². The molecule has 1 aliphatic heterocycles. The van der Waals surface area contributed by atoms with Crippen LogP contribution in [0.5, 0.6) is 0 Å². The zero-order valence-electron chi connectivity index (χ0n) is 11.0. The van der Waals surface area contributed by atoms with E-state index < -0.39 is 0 Å². The number of hydrogen-bond donors (Lipinski definition) is 2. The second-order valence-corrected chi connectivity index (χ2v) is 6.08. The van der Waals surface area contributed by atoms with E-state index in [0.29, 0.717) is 12.1 Å². The lowest BCUT2D eigenvalue weighted by atomic mass is 9.92. The standard InChI is InChI=1S/C16H20N2S/c1-2-6-13(7-3-1)16-15(9-4-10-17-16)18-12-14-8-5-11-19-14/h1-3,5-8,11,15-18H,4,9-10,12H2/t15-,16-/m0/s1. The molecule has 100 valence electrons. The minimum absolute atomic E-state index is 0.440. The van der Waals surface area contributed by atoms with Gasteiger partial charge in [-0.15, -0.1) is 11.3 Å². The van der Waals surface area contributed by atoms with E-state index in [-0.39, 0.29) is 0 Å². The Kier molecular flexibility index (Phi) is 4.28. The molecule has 0 radical (unpaired) electrons. The van der Waals surface area contributed by atoms with Crippen LogP contribution in [0.4, 0.5) is 0 Å². The van der Waals surface area contributed by atoms with Gasteiger partial charge >= 0.3 is 0 Å². The van der Waals surface area contributed by atoms with Crippen LogP contribution in [0.2, 0.25) is 0 Å². The molecule has 0 saturated carbocycles. The van der Waals surface area contributed by atoms with E-state index in [2.05, 4.69) is 58.5 Å². The van der Waals surface area contributed by atoms with Crippen LogP contribution in [0, 0.1) is 0 Å². The Morgan fingerprint density at radius 3 is 2.84 bits per heavy atom. The fraction of sp³-hybridized carbons (Fsp3) is 0.375. The Morgan fingerprint density at radius 1 is 1.16 bits per heavy atom. The van der Waals surface area contributed by atoms with E-state index in [9.17, 15) is 0 Å². The van der Waals surface area contributed by atoms with Crippen molar-refractivity contribution in [1.29, 1.82) is 0 Å². The summed E-state index contributed by atoms with van der Waals surface area (Å²) in [5, 5.41) is 9.52. The molecule has 0 unspecified atom stereocenters. The molecule has 2 atom stereocenters. The normalized spacial score (nSPS) is 23.4. The second kappa shape index (κ2) is 6.33. The maximum atomic E-state index is 3.72. The van der Waals surface area contributed by atoms with E-state index in [1.165, 1.54) is 23.3 Å². The fourth-order valence-electron chi connectivity index (χ4n) is 2.76. The van der Waals surface area contributed by atoms with E-state index in [0.717, 1.165) is 13.1 Å². The number of nitrogens with one attached hydrogen (secondary N) is 2. The van der Waals surface area contributed by atoms with Crippen molar-refractivity contribution in [2.24, 2.45) is 0 Å². The van der Waals surface area contributed by atoms with Gasteiger partial charge in [0.25, 0.3) is 0 Å². The Balaban J connectivity index is 1.67. The summed E-state index contributed by atoms with van der Waals surface area (Å²) >= 11 is 1.83. The SMILES string of the molecule is c1ccc([C@@H]2NCCC[C@@H]2NCc2cccs2)cc1. The van der Waals surface area contributed by atoms with Gasteiger partial charge in [-0.1, -0.05) is 36.4 Å². The van der Waals surface area contributed by atoms with Crippen LogP contribution >= 0.6 is 11.3 Å². The summed E-state index contributed by atoms with van der Waals surface area (Å²) in [6.07, 6.45) is 2.50. The van der Waals surface area contributed by atoms with Crippen molar-refractivity contribution in [2.45, 2.75) is 31.5 Å². The van der Waals surface area contributed by atoms with Crippen molar-refractivity contribution < 1.29 is 0 Å². The third kappa shape index (κ3) is 3.24. The van der Waals surface area contributed by atoms with Gasteiger partial charge < -0.3 is 10.6 Å². The summed E-state index contributed by atoms with van der Waals surface area (Å²) in [6.45, 7) is 2.10. The van der Waals surface area contributed by atoms with Crippen molar-refractivity contribution in [1.82, 2.24) is 10.6 Å². The largest absolute Gasteiger partial charge is 0.309 e. The molecule has 1 aliphatic rings. The maximum Gasteiger partial charge on any atom is 0.0476 e. The quantitative estimate of drug-likeness (QED) is 0.892. The predicted molar refractivity (Wildman–Crippen MR) is 81.4 cm³/mol. The molecule has 2 N–H and O–H groups in total. The molecule has 1 aromatic carbocycles. The third-order valence-electron chi connectivity index (χ3n) is 3.74. The highest BCUT2D eigenvalue weighted by Gasteiger charge is 2.25. The molecule has 0 amide bonds. The minimum Gasteiger partial charge on any atom is -0.309 e. The van der Waals surface area contributed by atoms with Crippen molar-refractivity contribution in [3.63, 3.8) is 0 Å². The zero-order chi connectivity index (χ0) is 12.9. The Bertz CT molecular complexity index is 481. The van der Waals surface area contributed by atoms with E-state index in [1.807, 2.05) is 11.3 Å². The molecule has 0 bridgehead atoms. The highest BCUT2D eigenvalue weighted by Crippen LogP contribution is 2.24. The first-order valence-corrected chi connectivity index (χ1v) is 7.85. The summed E-state index contributed by atoms with van der Waals surface area (Å²) in [4.78, 5) is 1.41. The zero-order valence-corrected chi connectivity index (χ0v) is 11.8. The first kappa shape index (κ1) is 12.9. The van der Waals surface area contributed by atoms with Gasteiger partial charge in [0.1, 0.15) is 0 Å². The maximum absolute atomic E-state index is 3.72. The Morgan fingerprint density at radius 2 is 2.05 bits per heavy atom. The summed E-state index contributed by atoms with van der Waals surface area (Å²) in [5.41, 5.74) is 1.39. The van der Waals surface area contributed by atoms with E-state index >= 15 is 0 Å². The lowest BCUT2D eigenvalue weighted by molar-refractivity contribution is 0.305. The van der Waals surface area contributed by atoms with Crippen molar-refractivity contribution in [3.8, 4) is 0 Å². The van der Waals surface area contributed by atoms with Crippen LogP contribution in [0.3, 0.4) is 0 Å². The van der Waals surface area contributed by atoms with Crippen LogP contribution in [0.15, 0.2) is 47.8 Å². The summed E-state index contributed by atoms with van der Waals surface area (Å²) in [5.74, 6) is 0. The van der Waals surface area contributed by atoms with Gasteiger partial charge in [-0.2, -0.15) is 0 Å². The van der Waals surface area contributed by atoms with Crippen LogP contribution in [-0.4, -0.2) is 12.6 Å². The van der Waals surface area contributed by atoms with Crippen molar-refractivity contribution >= 4 is 11.3 Å². The van der Waals surface area contributed by atoms with Gasteiger partial charge in [0.15, 0.2) is 0 Å². The summed E-state index contributed by atoms with van der Waals surface area (Å²) in [7, 11) is 0. The average molecular weight is 272 g/mol. The molecule has 2 aromatic rings. The first-order chi connectivity index (χ1) is 9.43. The van der Waals surface area contributed by atoms with Crippen molar-refractivity contribution in [3.05, 3.63) is 58.3 Å². The topological polar surface area (TPSA) is 24.1 Å². The monoisotopic (exact) mass is 272 g/mol. The van der Waals surface area contributed by atoms with Crippen LogP contribution in [0.1, 0.15) is 29.3 Å². The highest BCUT2D eigenvalue weighted by atomic mass is 32.1. The molecule has 1 fully saturated rings. The molecule has 1 aromatic heterocycles. The molecule has 2 nitrogen and oxygen atoms in total. The first-order valence-electron chi connectivity index (χ1n) is 6.97. The fourth-order valence-corrected chi connectivity index (χ4v) is 3.42. The smallest absolute Gasteiger partial charge is 0.0476 e. The van der Waals surface area contributed by atoms with Gasteiger partial charge in [-0.05, 0) is 36.4 Å². The average Bonchev–Trinajstić information content (AvgIpc) is 3.00. The molecular formula is C16H20N2S. The predicted octanol–water partition coefficient (Wildman–Crippen LogP) is 3.33. The van der Waals surface area contributed by atoms with Gasteiger partial charge in [-0.3, -0.25) is 0 Å². The number of rotatable bonds is 4. The van der Waals surface area contributed by atoms with Crippen LogP contribution in [0.25, 0.3) is 0 Å². The number of piperidine rings is 1. The minimum atomic E-state index is 0.440. The molecule has 3 rings (SSSR count). The van der Waals surface area contributed by atoms with Gasteiger partial charge in [0, 0.05) is 23.5 Å². The van der Waals surface area contributed by atoms with E-state index in [4.69, 9.17) is 0 Å². The molecule has 0 aliphatic carbocycles. The Hall–Kier alpha value is -1.16. The molecule has 3 heteroatoms. The third-order valence-corrected chi connectivity index (χ3v) is 4.61. The molecule has 0 spiro atoms. The highest BCUT2D eigenvalue weighted by molar-refractivity contribution is 7.09. The molecular weight excluding hydrogens is 252 g/mol. The second-order valence-electron chi connectivity index (χ2n) is 5.05. The lowest BCUT2D eigenvalue weighted by Crippen LogP contribution is -2.45. The van der Waals surface area contributed by atoms with Gasteiger partial charge in [0.05, 0.1) is 0 Å². The summed E-state index contributed by atoms with van der Waals surface area (Å²) in [6, 6.07) is 16.1. The lowest BCUT2D eigenvalue weighted by Gasteiger charge is -2.33. The molecule has 19 heavy (non-hydrogen) atoms. The number of hydrogen-bond acceptors (Lipinski definition) is 3. The van der Waals surface area contributed by atoms with Crippen LogP contribution in [-0.2, 0) is 6.54 Å². The Labute approximate surface area is 118 Å². The molecule has 2 heterocycles. The molecule has 1 saturated heterocycles. The summed E-state index contributed by atoms with van der Waals surface area (Å²) < 4.78 is 0.